The van der Waals surface area contributed by atoms with Crippen LogP contribution in [0.4, 0.5) is 17.1 Å². The molecule has 0 spiro atoms. The third kappa shape index (κ3) is 5.81. The minimum atomic E-state index is 1.07. The minimum absolute atomic E-state index is 1.07. The highest BCUT2D eigenvalue weighted by Crippen LogP contribution is 2.44. The number of fused-ring (bicyclic) bond motifs is 10. The number of aromatic nitrogens is 3. The topological polar surface area (TPSA) is 18.0 Å². The number of anilines is 3. The van der Waals surface area contributed by atoms with Crippen molar-refractivity contribution in [2.45, 2.75) is 0 Å². The van der Waals surface area contributed by atoms with Gasteiger partial charge in [-0.1, -0.05) is 152 Å². The lowest BCUT2D eigenvalue weighted by atomic mass is 9.95. The molecular formula is C64H42N4. The molecule has 14 rings (SSSR count). The standard InChI is InChI=1S/C64H42N4/c1-2-16-44(17-3-1)68-62-29-15-10-24-56(62)57-39-30-43(42-64(57)68)49-40-41-63(51-19-5-4-18-50(49)51)65(45-31-35-47(36-32-45)66-58-25-11-6-20-52(58)53-21-7-12-26-59(53)66)46-33-37-48(38-34-46)67-60-27-13-8-22-54(60)55-23-9-14-28-61(55)67/h1-42H. The summed E-state index contributed by atoms with van der Waals surface area (Å²) in [5.74, 6) is 0. The van der Waals surface area contributed by atoms with Crippen molar-refractivity contribution in [3.05, 3.63) is 255 Å². The fraction of sp³-hybridized carbons (Fsp3) is 0. The van der Waals surface area contributed by atoms with E-state index in [0.29, 0.717) is 0 Å². The molecule has 68 heavy (non-hydrogen) atoms. The van der Waals surface area contributed by atoms with Gasteiger partial charge in [0.1, 0.15) is 0 Å². The largest absolute Gasteiger partial charge is 0.310 e. The molecule has 4 heteroatoms. The monoisotopic (exact) mass is 866 g/mol. The van der Waals surface area contributed by atoms with Gasteiger partial charge in [0.2, 0.25) is 0 Å². The Labute approximate surface area is 393 Å². The van der Waals surface area contributed by atoms with Gasteiger partial charge in [-0.05, 0) is 120 Å². The zero-order valence-corrected chi connectivity index (χ0v) is 37.0. The van der Waals surface area contributed by atoms with Crippen molar-refractivity contribution in [1.82, 2.24) is 13.7 Å². The van der Waals surface area contributed by atoms with Crippen molar-refractivity contribution in [2.75, 3.05) is 4.90 Å². The normalized spacial score (nSPS) is 11.8. The van der Waals surface area contributed by atoms with Crippen LogP contribution < -0.4 is 4.90 Å². The molecule has 0 bridgehead atoms. The number of benzene rings is 11. The van der Waals surface area contributed by atoms with Crippen molar-refractivity contribution in [1.29, 1.82) is 0 Å². The van der Waals surface area contributed by atoms with Gasteiger partial charge in [0.05, 0.1) is 38.8 Å². The maximum Gasteiger partial charge on any atom is 0.0547 e. The molecule has 0 aliphatic rings. The average Bonchev–Trinajstić information content (AvgIpc) is 4.05. The van der Waals surface area contributed by atoms with Crippen LogP contribution in [0, 0.1) is 0 Å². The first-order valence-electron chi connectivity index (χ1n) is 23.3. The molecule has 11 aromatic carbocycles. The van der Waals surface area contributed by atoms with Gasteiger partial charge in [-0.3, -0.25) is 0 Å². The van der Waals surface area contributed by atoms with Gasteiger partial charge in [-0.15, -0.1) is 0 Å². The average molecular weight is 867 g/mol. The third-order valence-electron chi connectivity index (χ3n) is 14.0. The van der Waals surface area contributed by atoms with Crippen LogP contribution in [-0.2, 0) is 0 Å². The van der Waals surface area contributed by atoms with Gasteiger partial charge in [0.25, 0.3) is 0 Å². The van der Waals surface area contributed by atoms with Crippen LogP contribution in [0.1, 0.15) is 0 Å². The fourth-order valence-corrected chi connectivity index (χ4v) is 11.1. The lowest BCUT2D eigenvalue weighted by Crippen LogP contribution is -2.11. The van der Waals surface area contributed by atoms with Crippen LogP contribution in [0.15, 0.2) is 255 Å². The molecule has 0 aliphatic heterocycles. The number of hydrogen-bond donors (Lipinski definition) is 0. The van der Waals surface area contributed by atoms with E-state index in [4.69, 9.17) is 0 Å². The van der Waals surface area contributed by atoms with E-state index in [0.717, 1.165) is 34.1 Å². The summed E-state index contributed by atoms with van der Waals surface area (Å²) in [5.41, 5.74) is 16.2. The van der Waals surface area contributed by atoms with E-state index >= 15 is 0 Å². The molecule has 3 aromatic heterocycles. The van der Waals surface area contributed by atoms with E-state index in [2.05, 4.69) is 273 Å². The Balaban J connectivity index is 0.946. The molecule has 0 amide bonds. The molecule has 3 heterocycles. The highest BCUT2D eigenvalue weighted by atomic mass is 15.1. The smallest absolute Gasteiger partial charge is 0.0547 e. The van der Waals surface area contributed by atoms with Crippen molar-refractivity contribution >= 4 is 93.3 Å². The van der Waals surface area contributed by atoms with E-state index in [1.807, 2.05) is 0 Å². The number of nitrogens with zero attached hydrogens (tertiary/aromatic N) is 4. The lowest BCUT2D eigenvalue weighted by molar-refractivity contribution is 1.17. The van der Waals surface area contributed by atoms with E-state index < -0.39 is 0 Å². The van der Waals surface area contributed by atoms with Gasteiger partial charge in [-0.2, -0.15) is 0 Å². The zero-order valence-electron chi connectivity index (χ0n) is 37.0. The first-order chi connectivity index (χ1) is 33.8. The Hall–Kier alpha value is -9.12. The summed E-state index contributed by atoms with van der Waals surface area (Å²) in [7, 11) is 0. The first kappa shape index (κ1) is 38.2. The molecule has 4 nitrogen and oxygen atoms in total. The Morgan fingerprint density at radius 1 is 0.235 bits per heavy atom. The van der Waals surface area contributed by atoms with Gasteiger partial charge >= 0.3 is 0 Å². The van der Waals surface area contributed by atoms with E-state index in [9.17, 15) is 0 Å². The van der Waals surface area contributed by atoms with Gasteiger partial charge in [0, 0.05) is 66.1 Å². The van der Waals surface area contributed by atoms with Gasteiger partial charge in [0.15, 0.2) is 0 Å². The highest BCUT2D eigenvalue weighted by molar-refractivity contribution is 6.13. The fourth-order valence-electron chi connectivity index (χ4n) is 11.1. The van der Waals surface area contributed by atoms with Crippen LogP contribution >= 0.6 is 0 Å². The summed E-state index contributed by atoms with van der Waals surface area (Å²) in [4.78, 5) is 2.42. The quantitative estimate of drug-likeness (QED) is 0.156. The first-order valence-corrected chi connectivity index (χ1v) is 23.3. The van der Waals surface area contributed by atoms with Gasteiger partial charge in [-0.25, -0.2) is 0 Å². The minimum Gasteiger partial charge on any atom is -0.310 e. The third-order valence-corrected chi connectivity index (χ3v) is 14.0. The van der Waals surface area contributed by atoms with Crippen LogP contribution in [-0.4, -0.2) is 13.7 Å². The molecule has 0 saturated heterocycles. The Morgan fingerprint density at radius 2 is 0.588 bits per heavy atom. The zero-order chi connectivity index (χ0) is 44.7. The van der Waals surface area contributed by atoms with E-state index in [1.165, 1.54) is 87.3 Å². The number of rotatable bonds is 7. The summed E-state index contributed by atoms with van der Waals surface area (Å²) < 4.78 is 7.17. The molecule has 0 aliphatic carbocycles. The van der Waals surface area contributed by atoms with E-state index in [1.54, 1.807) is 0 Å². The van der Waals surface area contributed by atoms with Crippen LogP contribution in [0.2, 0.25) is 0 Å². The molecule has 0 radical (unpaired) electrons. The summed E-state index contributed by atoms with van der Waals surface area (Å²) in [5, 5.41) is 9.88. The van der Waals surface area contributed by atoms with Crippen molar-refractivity contribution in [2.24, 2.45) is 0 Å². The molecule has 0 unspecified atom stereocenters. The second-order valence-corrected chi connectivity index (χ2v) is 17.7. The number of para-hydroxylation sites is 6. The molecule has 318 valence electrons. The lowest BCUT2D eigenvalue weighted by Gasteiger charge is -2.28. The molecule has 0 atom stereocenters. The predicted molar refractivity (Wildman–Crippen MR) is 287 cm³/mol. The van der Waals surface area contributed by atoms with E-state index in [-0.39, 0.29) is 0 Å². The molecule has 0 fully saturated rings. The van der Waals surface area contributed by atoms with Crippen LogP contribution in [0.3, 0.4) is 0 Å². The van der Waals surface area contributed by atoms with Crippen LogP contribution in [0.25, 0.3) is 104 Å². The SMILES string of the molecule is c1ccc(-n2c3ccccc3c3ccc(-c4ccc(N(c5ccc(-n6c7ccccc7c7ccccc76)cc5)c5ccc(-n6c7ccccc7c7ccccc76)cc5)c5ccccc45)cc32)cc1. The molecule has 0 saturated carbocycles. The summed E-state index contributed by atoms with van der Waals surface area (Å²) in [6.07, 6.45) is 0. The Morgan fingerprint density at radius 3 is 1.04 bits per heavy atom. The maximum absolute atomic E-state index is 2.42. The number of hydrogen-bond acceptors (Lipinski definition) is 1. The Kier molecular flexibility index (Phi) is 8.55. The highest BCUT2D eigenvalue weighted by Gasteiger charge is 2.21. The second-order valence-electron chi connectivity index (χ2n) is 17.7. The van der Waals surface area contributed by atoms with Crippen molar-refractivity contribution in [3.63, 3.8) is 0 Å². The Bertz CT molecular complexity index is 3980. The molecule has 14 aromatic rings. The summed E-state index contributed by atoms with van der Waals surface area (Å²) in [6, 6.07) is 93.0. The molecular weight excluding hydrogens is 825 g/mol. The van der Waals surface area contributed by atoms with Crippen molar-refractivity contribution < 1.29 is 0 Å². The predicted octanol–water partition coefficient (Wildman–Crippen LogP) is 17.3. The summed E-state index contributed by atoms with van der Waals surface area (Å²) >= 11 is 0. The maximum atomic E-state index is 2.42. The second kappa shape index (κ2) is 15.2. The van der Waals surface area contributed by atoms with Crippen molar-refractivity contribution in [3.8, 4) is 28.2 Å². The summed E-state index contributed by atoms with van der Waals surface area (Å²) in [6.45, 7) is 0. The van der Waals surface area contributed by atoms with Gasteiger partial charge < -0.3 is 18.6 Å². The molecule has 0 N–H and O–H groups in total. The van der Waals surface area contributed by atoms with Crippen LogP contribution in [0.5, 0.6) is 0 Å².